The van der Waals surface area contributed by atoms with E-state index >= 15 is 0 Å². The van der Waals surface area contributed by atoms with E-state index < -0.39 is 23.7 Å². The molecule has 3 rings (SSSR count). The zero-order chi connectivity index (χ0) is 22.4. The molecule has 1 aliphatic rings. The smallest absolute Gasteiger partial charge is 0.336 e. The summed E-state index contributed by atoms with van der Waals surface area (Å²) in [7, 11) is 0. The summed E-state index contributed by atoms with van der Waals surface area (Å²) in [5.74, 6) is -2.43. The second kappa shape index (κ2) is 10.3. The Morgan fingerprint density at radius 2 is 1.55 bits per heavy atom. The van der Waals surface area contributed by atoms with Crippen LogP contribution in [0.3, 0.4) is 0 Å². The Morgan fingerprint density at radius 3 is 2.06 bits per heavy atom. The minimum atomic E-state index is -0.810. The third-order valence-electron chi connectivity index (χ3n) is 4.71. The number of benzene rings is 2. The zero-order valence-electron chi connectivity index (χ0n) is 17.3. The van der Waals surface area contributed by atoms with Crippen LogP contribution in [-0.2, 0) is 25.6 Å². The van der Waals surface area contributed by atoms with Crippen molar-refractivity contribution in [2.75, 3.05) is 13.2 Å². The zero-order valence-corrected chi connectivity index (χ0v) is 18.1. The predicted molar refractivity (Wildman–Crippen MR) is 116 cm³/mol. The van der Waals surface area contributed by atoms with Crippen molar-refractivity contribution in [2.45, 2.75) is 26.3 Å². The number of hydrogen-bond donors (Lipinski definition) is 0. The summed E-state index contributed by atoms with van der Waals surface area (Å²) >= 11 is 5.96. The number of hydrogen-bond acceptors (Lipinski definition) is 5. The van der Waals surface area contributed by atoms with Crippen molar-refractivity contribution < 1.29 is 23.5 Å². The summed E-state index contributed by atoms with van der Waals surface area (Å²) in [6.07, 6.45) is 3.26. The molecule has 5 nitrogen and oxygen atoms in total. The Balaban J connectivity index is 2.07. The highest BCUT2D eigenvalue weighted by atomic mass is 35.5. The van der Waals surface area contributed by atoms with Crippen LogP contribution < -0.4 is 0 Å². The molecule has 0 spiro atoms. The first kappa shape index (κ1) is 22.6. The van der Waals surface area contributed by atoms with Gasteiger partial charge in [-0.3, -0.25) is 0 Å². The quantitative estimate of drug-likeness (QED) is 0.565. The average molecular weight is 444 g/mol. The molecule has 0 saturated carbocycles. The summed E-state index contributed by atoms with van der Waals surface area (Å²) < 4.78 is 24.5. The standard InChI is InChI=1S/C24H23ClFNO4/c1-3-30-23(28)20-14-27(13-16-8-10-18(25)11-9-16)15-21(24(29)31-4-2)22(20)17-6-5-7-19(26)12-17/h5-12,14-15,22H,3-4,13H2,1-2H3. The molecule has 0 atom stereocenters. The molecule has 1 heterocycles. The van der Waals surface area contributed by atoms with Crippen LogP contribution in [0.15, 0.2) is 72.1 Å². The molecular formula is C24H23ClFNO4. The number of nitrogens with zero attached hydrogens (tertiary/aromatic N) is 1. The first-order valence-corrected chi connectivity index (χ1v) is 10.3. The monoisotopic (exact) mass is 443 g/mol. The van der Waals surface area contributed by atoms with Gasteiger partial charge in [-0.15, -0.1) is 0 Å². The van der Waals surface area contributed by atoms with Gasteiger partial charge in [0, 0.05) is 24.0 Å². The van der Waals surface area contributed by atoms with E-state index in [0.717, 1.165) is 5.56 Å². The number of carbonyl (C=O) groups excluding carboxylic acids is 2. The van der Waals surface area contributed by atoms with Gasteiger partial charge < -0.3 is 14.4 Å². The van der Waals surface area contributed by atoms with Crippen molar-refractivity contribution in [3.05, 3.63) is 94.0 Å². The van der Waals surface area contributed by atoms with Crippen molar-refractivity contribution in [3.63, 3.8) is 0 Å². The molecule has 0 N–H and O–H groups in total. The summed E-state index contributed by atoms with van der Waals surface area (Å²) in [5, 5.41) is 0.610. The third kappa shape index (κ3) is 5.52. The minimum absolute atomic E-state index is 0.168. The Bertz CT molecular complexity index is 980. The van der Waals surface area contributed by atoms with Crippen LogP contribution in [0.4, 0.5) is 4.39 Å². The fourth-order valence-electron chi connectivity index (χ4n) is 3.42. The lowest BCUT2D eigenvalue weighted by Crippen LogP contribution is -2.29. The summed E-state index contributed by atoms with van der Waals surface area (Å²) in [4.78, 5) is 27.4. The molecule has 0 radical (unpaired) electrons. The largest absolute Gasteiger partial charge is 0.463 e. The second-order valence-electron chi connectivity index (χ2n) is 6.90. The topological polar surface area (TPSA) is 55.8 Å². The van der Waals surface area contributed by atoms with Gasteiger partial charge in [-0.05, 0) is 49.2 Å². The molecule has 162 valence electrons. The number of halogens is 2. The van der Waals surface area contributed by atoms with E-state index in [9.17, 15) is 14.0 Å². The van der Waals surface area contributed by atoms with E-state index in [1.54, 1.807) is 49.3 Å². The molecule has 0 unspecified atom stereocenters. The van der Waals surface area contributed by atoms with Crippen LogP contribution in [0.1, 0.15) is 30.9 Å². The van der Waals surface area contributed by atoms with Gasteiger partial charge in [-0.1, -0.05) is 35.9 Å². The van der Waals surface area contributed by atoms with Crippen LogP contribution in [0.5, 0.6) is 0 Å². The average Bonchev–Trinajstić information content (AvgIpc) is 2.75. The molecule has 31 heavy (non-hydrogen) atoms. The van der Waals surface area contributed by atoms with Gasteiger partial charge in [-0.25, -0.2) is 14.0 Å². The molecule has 2 aromatic rings. The first-order valence-electron chi connectivity index (χ1n) is 9.96. The summed E-state index contributed by atoms with van der Waals surface area (Å²) in [5.41, 5.74) is 1.84. The van der Waals surface area contributed by atoms with Crippen LogP contribution in [-0.4, -0.2) is 30.1 Å². The highest BCUT2D eigenvalue weighted by Crippen LogP contribution is 2.37. The molecule has 0 saturated heterocycles. The third-order valence-corrected chi connectivity index (χ3v) is 4.97. The van der Waals surface area contributed by atoms with Gasteiger partial charge >= 0.3 is 11.9 Å². The molecule has 0 amide bonds. The predicted octanol–water partition coefficient (Wildman–Crippen LogP) is 4.97. The Kier molecular flexibility index (Phi) is 7.47. The lowest BCUT2D eigenvalue weighted by Gasteiger charge is -2.30. The highest BCUT2D eigenvalue weighted by molar-refractivity contribution is 6.30. The SMILES string of the molecule is CCOC(=O)C1=CN(Cc2ccc(Cl)cc2)C=C(C(=O)OCC)C1c1cccc(F)c1. The van der Waals surface area contributed by atoms with Crippen LogP contribution in [0.25, 0.3) is 0 Å². The van der Waals surface area contributed by atoms with Crippen LogP contribution >= 0.6 is 11.6 Å². The number of carbonyl (C=O) groups is 2. The van der Waals surface area contributed by atoms with Gasteiger partial charge in [-0.2, -0.15) is 0 Å². The van der Waals surface area contributed by atoms with E-state index in [4.69, 9.17) is 21.1 Å². The molecule has 0 aromatic heterocycles. The van der Waals surface area contributed by atoms with Crippen molar-refractivity contribution in [1.82, 2.24) is 4.90 Å². The van der Waals surface area contributed by atoms with Gasteiger partial charge in [0.2, 0.25) is 0 Å². The van der Waals surface area contributed by atoms with Gasteiger partial charge in [0.25, 0.3) is 0 Å². The van der Waals surface area contributed by atoms with Crippen LogP contribution in [0.2, 0.25) is 5.02 Å². The number of esters is 2. The van der Waals surface area contributed by atoms with E-state index in [2.05, 4.69) is 0 Å². The molecule has 0 bridgehead atoms. The fraction of sp³-hybridized carbons (Fsp3) is 0.250. The molecule has 7 heteroatoms. The maximum absolute atomic E-state index is 14.0. The first-order chi connectivity index (χ1) is 14.9. The van der Waals surface area contributed by atoms with Gasteiger partial charge in [0.1, 0.15) is 5.82 Å². The van der Waals surface area contributed by atoms with Crippen molar-refractivity contribution in [2.24, 2.45) is 0 Å². The van der Waals surface area contributed by atoms with Gasteiger partial charge in [0.05, 0.1) is 30.3 Å². The van der Waals surface area contributed by atoms with Crippen molar-refractivity contribution in [3.8, 4) is 0 Å². The molecule has 0 fully saturated rings. The van der Waals surface area contributed by atoms with E-state index in [1.165, 1.54) is 18.2 Å². The maximum Gasteiger partial charge on any atom is 0.336 e. The highest BCUT2D eigenvalue weighted by Gasteiger charge is 2.35. The summed E-state index contributed by atoms with van der Waals surface area (Å²) in [6.45, 7) is 4.13. The van der Waals surface area contributed by atoms with Crippen LogP contribution in [0, 0.1) is 5.82 Å². The lowest BCUT2D eigenvalue weighted by atomic mass is 9.83. The minimum Gasteiger partial charge on any atom is -0.463 e. The fourth-order valence-corrected chi connectivity index (χ4v) is 3.54. The van der Waals surface area contributed by atoms with Crippen molar-refractivity contribution >= 4 is 23.5 Å². The number of ether oxygens (including phenoxy) is 2. The molecule has 2 aromatic carbocycles. The summed E-state index contributed by atoms with van der Waals surface area (Å²) in [6, 6.07) is 13.1. The second-order valence-corrected chi connectivity index (χ2v) is 7.33. The Morgan fingerprint density at radius 1 is 0.968 bits per heavy atom. The lowest BCUT2D eigenvalue weighted by molar-refractivity contribution is -0.139. The number of rotatable bonds is 7. The molecular weight excluding hydrogens is 421 g/mol. The van der Waals surface area contributed by atoms with E-state index in [1.807, 2.05) is 12.1 Å². The Labute approximate surface area is 185 Å². The Hall–Kier alpha value is -3.12. The van der Waals surface area contributed by atoms with Crippen molar-refractivity contribution in [1.29, 1.82) is 0 Å². The maximum atomic E-state index is 14.0. The van der Waals surface area contributed by atoms with Gasteiger partial charge in [0.15, 0.2) is 0 Å². The molecule has 1 aliphatic heterocycles. The van der Waals surface area contributed by atoms with E-state index in [0.29, 0.717) is 17.1 Å². The van der Waals surface area contributed by atoms with E-state index in [-0.39, 0.29) is 24.4 Å². The molecule has 0 aliphatic carbocycles. The normalized spacial score (nSPS) is 14.0.